The smallest absolute Gasteiger partial charge is 0.305 e. The summed E-state index contributed by atoms with van der Waals surface area (Å²) in [5.41, 5.74) is 7.27. The lowest BCUT2D eigenvalue weighted by Crippen LogP contribution is -2.10. The molecule has 0 aliphatic carbocycles. The molecule has 0 radical (unpaired) electrons. The summed E-state index contributed by atoms with van der Waals surface area (Å²) in [6, 6.07) is 2.12. The molecule has 0 saturated heterocycles. The van der Waals surface area contributed by atoms with Gasteiger partial charge in [-0.15, -0.1) is 11.3 Å². The Kier molecular flexibility index (Phi) is 4.78. The Morgan fingerprint density at radius 1 is 1.67 bits per heavy atom. The number of ether oxygens (including phenoxy) is 1. The zero-order valence-corrected chi connectivity index (χ0v) is 9.97. The highest BCUT2D eigenvalue weighted by Gasteiger charge is 2.11. The van der Waals surface area contributed by atoms with Gasteiger partial charge in [0.2, 0.25) is 0 Å². The molecule has 1 unspecified atom stereocenters. The topological polar surface area (TPSA) is 52.3 Å². The quantitative estimate of drug-likeness (QED) is 0.786. The molecule has 0 bridgehead atoms. The first-order valence-electron chi connectivity index (χ1n) is 5.01. The number of hydrogen-bond donors (Lipinski definition) is 1. The second-order valence-corrected chi connectivity index (χ2v) is 4.49. The van der Waals surface area contributed by atoms with E-state index in [1.54, 1.807) is 11.3 Å². The first kappa shape index (κ1) is 12.2. The molecule has 0 amide bonds. The van der Waals surface area contributed by atoms with Crippen molar-refractivity contribution >= 4 is 17.3 Å². The molecule has 84 valence electrons. The molecule has 0 aromatic carbocycles. The Balaban J connectivity index is 2.34. The van der Waals surface area contributed by atoms with Crippen LogP contribution in [0, 0.1) is 6.92 Å². The van der Waals surface area contributed by atoms with Gasteiger partial charge < -0.3 is 10.5 Å². The molecule has 1 aromatic rings. The Morgan fingerprint density at radius 2 is 2.40 bits per heavy atom. The summed E-state index contributed by atoms with van der Waals surface area (Å²) >= 11 is 1.68. The third-order valence-corrected chi connectivity index (χ3v) is 3.51. The van der Waals surface area contributed by atoms with E-state index in [1.165, 1.54) is 17.6 Å². The Hall–Kier alpha value is -0.870. The van der Waals surface area contributed by atoms with E-state index < -0.39 is 0 Å². The van der Waals surface area contributed by atoms with Crippen molar-refractivity contribution in [3.63, 3.8) is 0 Å². The van der Waals surface area contributed by atoms with Crippen LogP contribution in [0.2, 0.25) is 0 Å². The molecule has 0 fully saturated rings. The van der Waals surface area contributed by atoms with Crippen LogP contribution in [0.4, 0.5) is 0 Å². The standard InChI is InChI=1S/C11H17NO2S/c1-8-6-7-15-11(8)9(12)4-3-5-10(13)14-2/h6-7,9H,3-5,12H2,1-2H3. The molecule has 15 heavy (non-hydrogen) atoms. The first-order chi connectivity index (χ1) is 7.15. The number of carbonyl (C=O) groups is 1. The van der Waals surface area contributed by atoms with Crippen LogP contribution in [-0.2, 0) is 9.53 Å². The number of aryl methyl sites for hydroxylation is 1. The normalized spacial score (nSPS) is 12.5. The molecule has 1 heterocycles. The van der Waals surface area contributed by atoms with Crippen molar-refractivity contribution in [1.29, 1.82) is 0 Å². The largest absolute Gasteiger partial charge is 0.469 e. The van der Waals surface area contributed by atoms with Gasteiger partial charge in [-0.3, -0.25) is 4.79 Å². The van der Waals surface area contributed by atoms with Gasteiger partial charge >= 0.3 is 5.97 Å². The maximum absolute atomic E-state index is 10.9. The van der Waals surface area contributed by atoms with Gasteiger partial charge in [-0.05, 0) is 36.8 Å². The van der Waals surface area contributed by atoms with Crippen molar-refractivity contribution in [2.24, 2.45) is 5.73 Å². The van der Waals surface area contributed by atoms with Crippen LogP contribution in [0.5, 0.6) is 0 Å². The van der Waals surface area contributed by atoms with Gasteiger partial charge in [0.05, 0.1) is 7.11 Å². The molecule has 4 heteroatoms. The van der Waals surface area contributed by atoms with E-state index in [0.717, 1.165) is 12.8 Å². The molecule has 3 nitrogen and oxygen atoms in total. The lowest BCUT2D eigenvalue weighted by Gasteiger charge is -2.10. The number of thiophene rings is 1. The van der Waals surface area contributed by atoms with Crippen molar-refractivity contribution in [1.82, 2.24) is 0 Å². The zero-order valence-electron chi connectivity index (χ0n) is 9.16. The number of rotatable bonds is 5. The number of hydrogen-bond acceptors (Lipinski definition) is 4. The molecule has 1 rings (SSSR count). The van der Waals surface area contributed by atoms with Crippen molar-refractivity contribution in [3.8, 4) is 0 Å². The fourth-order valence-corrected chi connectivity index (χ4v) is 2.43. The highest BCUT2D eigenvalue weighted by molar-refractivity contribution is 7.10. The highest BCUT2D eigenvalue weighted by atomic mass is 32.1. The Bertz CT molecular complexity index is 322. The number of carbonyl (C=O) groups excluding carboxylic acids is 1. The first-order valence-corrected chi connectivity index (χ1v) is 5.89. The molecule has 0 saturated carbocycles. The minimum atomic E-state index is -0.162. The van der Waals surface area contributed by atoms with Crippen LogP contribution in [-0.4, -0.2) is 13.1 Å². The lowest BCUT2D eigenvalue weighted by atomic mass is 10.1. The van der Waals surface area contributed by atoms with Gasteiger partial charge in [0.15, 0.2) is 0 Å². The molecule has 1 atom stereocenters. The van der Waals surface area contributed by atoms with Crippen molar-refractivity contribution in [3.05, 3.63) is 21.9 Å². The summed E-state index contributed by atoms with van der Waals surface area (Å²) in [6.07, 6.45) is 2.07. The van der Waals surface area contributed by atoms with Crippen molar-refractivity contribution in [2.75, 3.05) is 7.11 Å². The van der Waals surface area contributed by atoms with Gasteiger partial charge in [0, 0.05) is 17.3 Å². The van der Waals surface area contributed by atoms with Crippen LogP contribution in [0.25, 0.3) is 0 Å². The van der Waals surface area contributed by atoms with E-state index >= 15 is 0 Å². The van der Waals surface area contributed by atoms with Gasteiger partial charge in [-0.1, -0.05) is 0 Å². The predicted molar refractivity (Wildman–Crippen MR) is 61.9 cm³/mol. The van der Waals surface area contributed by atoms with Crippen LogP contribution >= 0.6 is 11.3 Å². The summed E-state index contributed by atoms with van der Waals surface area (Å²) in [7, 11) is 1.41. The fourth-order valence-electron chi connectivity index (χ4n) is 1.46. The van der Waals surface area contributed by atoms with Crippen LogP contribution in [0.15, 0.2) is 11.4 Å². The van der Waals surface area contributed by atoms with E-state index in [0.29, 0.717) is 6.42 Å². The summed E-state index contributed by atoms with van der Waals surface area (Å²) in [5.74, 6) is -0.162. The van der Waals surface area contributed by atoms with Crippen molar-refractivity contribution < 1.29 is 9.53 Å². The maximum Gasteiger partial charge on any atom is 0.305 e. The molecule has 2 N–H and O–H groups in total. The van der Waals surface area contributed by atoms with Crippen LogP contribution in [0.3, 0.4) is 0 Å². The number of methoxy groups -OCH3 is 1. The van der Waals surface area contributed by atoms with Gasteiger partial charge in [-0.25, -0.2) is 0 Å². The molecule has 0 aliphatic heterocycles. The zero-order chi connectivity index (χ0) is 11.3. The second kappa shape index (κ2) is 5.88. The molecular formula is C11H17NO2S. The minimum absolute atomic E-state index is 0.0506. The van der Waals surface area contributed by atoms with Gasteiger partial charge in [0.1, 0.15) is 0 Å². The lowest BCUT2D eigenvalue weighted by molar-refractivity contribution is -0.140. The average molecular weight is 227 g/mol. The average Bonchev–Trinajstić information content (AvgIpc) is 2.64. The fraction of sp³-hybridized carbons (Fsp3) is 0.545. The molecule has 0 aliphatic rings. The predicted octanol–water partition coefficient (Wildman–Crippen LogP) is 2.40. The minimum Gasteiger partial charge on any atom is -0.469 e. The van der Waals surface area contributed by atoms with E-state index in [1.807, 2.05) is 5.38 Å². The van der Waals surface area contributed by atoms with Gasteiger partial charge in [-0.2, -0.15) is 0 Å². The molecular weight excluding hydrogens is 210 g/mol. The summed E-state index contributed by atoms with van der Waals surface area (Å²) in [4.78, 5) is 12.1. The Morgan fingerprint density at radius 3 is 2.93 bits per heavy atom. The molecule has 0 spiro atoms. The third-order valence-electron chi connectivity index (χ3n) is 2.36. The van der Waals surface area contributed by atoms with E-state index in [2.05, 4.69) is 17.7 Å². The van der Waals surface area contributed by atoms with Crippen LogP contribution < -0.4 is 5.73 Å². The maximum atomic E-state index is 10.9. The summed E-state index contributed by atoms with van der Waals surface area (Å²) in [6.45, 7) is 2.06. The van der Waals surface area contributed by atoms with Gasteiger partial charge in [0.25, 0.3) is 0 Å². The number of esters is 1. The van der Waals surface area contributed by atoms with Crippen molar-refractivity contribution in [2.45, 2.75) is 32.2 Å². The SMILES string of the molecule is COC(=O)CCCC(N)c1sccc1C. The van der Waals surface area contributed by atoms with E-state index in [9.17, 15) is 4.79 Å². The molecule has 1 aromatic heterocycles. The number of nitrogens with two attached hydrogens (primary N) is 1. The Labute approximate surface area is 94.2 Å². The van der Waals surface area contributed by atoms with E-state index in [4.69, 9.17) is 5.73 Å². The highest BCUT2D eigenvalue weighted by Crippen LogP contribution is 2.25. The monoisotopic (exact) mass is 227 g/mol. The second-order valence-electron chi connectivity index (χ2n) is 3.54. The third kappa shape index (κ3) is 3.64. The van der Waals surface area contributed by atoms with E-state index in [-0.39, 0.29) is 12.0 Å². The van der Waals surface area contributed by atoms with Crippen LogP contribution in [0.1, 0.15) is 35.7 Å². The summed E-state index contributed by atoms with van der Waals surface area (Å²) in [5, 5.41) is 2.05. The summed E-state index contributed by atoms with van der Waals surface area (Å²) < 4.78 is 4.57.